The summed E-state index contributed by atoms with van der Waals surface area (Å²) in [6.45, 7) is 9.38. The summed E-state index contributed by atoms with van der Waals surface area (Å²) in [4.78, 5) is 11.3. The Morgan fingerprint density at radius 3 is 2.90 bits per heavy atom. The number of hydrogen-bond donors (Lipinski definition) is 2. The Morgan fingerprint density at radius 2 is 2.19 bits per heavy atom. The summed E-state index contributed by atoms with van der Waals surface area (Å²) in [5.74, 6) is 2.13. The summed E-state index contributed by atoms with van der Waals surface area (Å²) in [6.07, 6.45) is 3.58. The van der Waals surface area contributed by atoms with Crippen molar-refractivity contribution in [3.05, 3.63) is 17.6 Å². The van der Waals surface area contributed by atoms with Crippen LogP contribution in [0, 0.1) is 6.92 Å². The molecule has 0 aromatic carbocycles. The van der Waals surface area contributed by atoms with E-state index in [1.807, 2.05) is 13.0 Å². The van der Waals surface area contributed by atoms with Gasteiger partial charge in [-0.2, -0.15) is 0 Å². The normalized spacial score (nSPS) is 20.0. The number of aromatic nitrogens is 2. The quantitative estimate of drug-likeness (QED) is 0.841. The van der Waals surface area contributed by atoms with Crippen LogP contribution in [0.1, 0.15) is 50.5 Å². The molecule has 2 N–H and O–H groups in total. The van der Waals surface area contributed by atoms with Gasteiger partial charge in [-0.25, -0.2) is 9.97 Å². The third kappa shape index (κ3) is 4.64. The molecule has 1 aliphatic heterocycles. The van der Waals surface area contributed by atoms with Crippen molar-refractivity contribution in [1.82, 2.24) is 14.9 Å². The average molecular weight is 292 g/mol. The van der Waals surface area contributed by atoms with Gasteiger partial charge in [0.25, 0.3) is 0 Å². The summed E-state index contributed by atoms with van der Waals surface area (Å²) >= 11 is 0. The minimum Gasteiger partial charge on any atom is -0.395 e. The summed E-state index contributed by atoms with van der Waals surface area (Å²) in [6, 6.07) is 2.37. The van der Waals surface area contributed by atoms with E-state index >= 15 is 0 Å². The predicted octanol–water partition coefficient (Wildman–Crippen LogP) is 2.17. The first-order chi connectivity index (χ1) is 10.1. The van der Waals surface area contributed by atoms with Gasteiger partial charge in [0.1, 0.15) is 11.6 Å². The molecule has 118 valence electrons. The molecule has 1 aromatic heterocycles. The molecule has 1 saturated heterocycles. The molecule has 0 saturated carbocycles. The van der Waals surface area contributed by atoms with Gasteiger partial charge >= 0.3 is 0 Å². The van der Waals surface area contributed by atoms with Crippen molar-refractivity contribution >= 4 is 5.82 Å². The maximum absolute atomic E-state index is 9.43. The second-order valence-electron chi connectivity index (χ2n) is 6.17. The summed E-state index contributed by atoms with van der Waals surface area (Å²) in [7, 11) is 0. The van der Waals surface area contributed by atoms with Gasteiger partial charge in [-0.1, -0.05) is 20.3 Å². The number of nitrogens with one attached hydrogen (secondary N) is 1. The van der Waals surface area contributed by atoms with Gasteiger partial charge in [-0.05, 0) is 32.2 Å². The number of aliphatic hydroxyl groups excluding tert-OH is 1. The molecule has 1 aromatic rings. The Morgan fingerprint density at radius 1 is 1.38 bits per heavy atom. The van der Waals surface area contributed by atoms with Gasteiger partial charge in [0.05, 0.1) is 6.61 Å². The van der Waals surface area contributed by atoms with E-state index in [-0.39, 0.29) is 6.61 Å². The third-order valence-electron chi connectivity index (χ3n) is 4.11. The van der Waals surface area contributed by atoms with E-state index < -0.39 is 0 Å². The van der Waals surface area contributed by atoms with Crippen LogP contribution in [0.2, 0.25) is 0 Å². The molecule has 21 heavy (non-hydrogen) atoms. The zero-order valence-electron chi connectivity index (χ0n) is 13.5. The Kier molecular flexibility index (Phi) is 5.94. The van der Waals surface area contributed by atoms with Gasteiger partial charge in [0.15, 0.2) is 0 Å². The standard InChI is InChI=1S/C16H28N4O/c1-12(2)15-10-16(19-13(3)18-15)17-7-9-20-8-5-4-6-14(20)11-21/h10,12,14,21H,4-9,11H2,1-3H3,(H,17,18,19)/t14-/m0/s1. The summed E-state index contributed by atoms with van der Waals surface area (Å²) in [5, 5.41) is 12.8. The molecular formula is C16H28N4O. The Hall–Kier alpha value is -1.20. The highest BCUT2D eigenvalue weighted by atomic mass is 16.3. The Bertz CT molecular complexity index is 450. The van der Waals surface area contributed by atoms with E-state index in [1.165, 1.54) is 12.8 Å². The van der Waals surface area contributed by atoms with Crippen molar-refractivity contribution < 1.29 is 5.11 Å². The molecule has 5 heteroatoms. The lowest BCUT2D eigenvalue weighted by atomic mass is 10.0. The molecule has 1 fully saturated rings. The fourth-order valence-electron chi connectivity index (χ4n) is 2.87. The number of aliphatic hydroxyl groups is 1. The molecule has 0 bridgehead atoms. The summed E-state index contributed by atoms with van der Waals surface area (Å²) in [5.41, 5.74) is 1.08. The number of aryl methyl sites for hydroxylation is 1. The minimum atomic E-state index is 0.268. The lowest BCUT2D eigenvalue weighted by Gasteiger charge is -2.34. The van der Waals surface area contributed by atoms with Crippen molar-refractivity contribution in [3.63, 3.8) is 0 Å². The SMILES string of the molecule is Cc1nc(NCCN2CCCC[C@H]2CO)cc(C(C)C)n1. The van der Waals surface area contributed by atoms with E-state index in [0.717, 1.165) is 43.4 Å². The van der Waals surface area contributed by atoms with Gasteiger partial charge in [-0.15, -0.1) is 0 Å². The van der Waals surface area contributed by atoms with Gasteiger partial charge in [0.2, 0.25) is 0 Å². The van der Waals surface area contributed by atoms with E-state index in [4.69, 9.17) is 0 Å². The van der Waals surface area contributed by atoms with Gasteiger partial charge in [0, 0.05) is 30.9 Å². The first kappa shape index (κ1) is 16.2. The van der Waals surface area contributed by atoms with E-state index in [9.17, 15) is 5.11 Å². The van der Waals surface area contributed by atoms with Crippen LogP contribution in [0.15, 0.2) is 6.07 Å². The highest BCUT2D eigenvalue weighted by molar-refractivity contribution is 5.36. The zero-order valence-corrected chi connectivity index (χ0v) is 13.5. The van der Waals surface area contributed by atoms with Crippen molar-refractivity contribution in [2.75, 3.05) is 31.6 Å². The number of rotatable bonds is 6. The lowest BCUT2D eigenvalue weighted by Crippen LogP contribution is -2.44. The first-order valence-electron chi connectivity index (χ1n) is 8.04. The second-order valence-corrected chi connectivity index (χ2v) is 6.17. The van der Waals surface area contributed by atoms with Crippen LogP contribution < -0.4 is 5.32 Å². The van der Waals surface area contributed by atoms with Crippen LogP contribution in [0.3, 0.4) is 0 Å². The molecule has 2 heterocycles. The van der Waals surface area contributed by atoms with Crippen LogP contribution in [0.4, 0.5) is 5.82 Å². The number of piperidine rings is 1. The number of nitrogens with zero attached hydrogens (tertiary/aromatic N) is 3. The van der Waals surface area contributed by atoms with Gasteiger partial charge in [-0.3, -0.25) is 4.90 Å². The predicted molar refractivity (Wildman–Crippen MR) is 85.6 cm³/mol. The van der Waals surface area contributed by atoms with Crippen LogP contribution >= 0.6 is 0 Å². The van der Waals surface area contributed by atoms with Crippen molar-refractivity contribution in [1.29, 1.82) is 0 Å². The van der Waals surface area contributed by atoms with Crippen molar-refractivity contribution in [2.45, 2.75) is 52.0 Å². The highest BCUT2D eigenvalue weighted by Crippen LogP contribution is 2.17. The Balaban J connectivity index is 1.88. The van der Waals surface area contributed by atoms with Crippen molar-refractivity contribution in [3.8, 4) is 0 Å². The molecular weight excluding hydrogens is 264 g/mol. The third-order valence-corrected chi connectivity index (χ3v) is 4.11. The van der Waals surface area contributed by atoms with E-state index in [0.29, 0.717) is 12.0 Å². The minimum absolute atomic E-state index is 0.268. The second kappa shape index (κ2) is 7.71. The lowest BCUT2D eigenvalue weighted by molar-refractivity contribution is 0.0940. The molecule has 1 atom stereocenters. The topological polar surface area (TPSA) is 61.3 Å². The maximum atomic E-state index is 9.43. The number of likely N-dealkylation sites (tertiary alicyclic amines) is 1. The maximum Gasteiger partial charge on any atom is 0.129 e. The molecule has 0 spiro atoms. The average Bonchev–Trinajstić information content (AvgIpc) is 2.47. The number of hydrogen-bond acceptors (Lipinski definition) is 5. The molecule has 0 aliphatic carbocycles. The fourth-order valence-corrected chi connectivity index (χ4v) is 2.87. The smallest absolute Gasteiger partial charge is 0.129 e. The fraction of sp³-hybridized carbons (Fsp3) is 0.750. The van der Waals surface area contributed by atoms with Crippen LogP contribution in [0.5, 0.6) is 0 Å². The highest BCUT2D eigenvalue weighted by Gasteiger charge is 2.20. The summed E-state index contributed by atoms with van der Waals surface area (Å²) < 4.78 is 0. The molecule has 0 unspecified atom stereocenters. The van der Waals surface area contributed by atoms with E-state index in [2.05, 4.69) is 34.0 Å². The largest absolute Gasteiger partial charge is 0.395 e. The van der Waals surface area contributed by atoms with Crippen LogP contribution in [0.25, 0.3) is 0 Å². The van der Waals surface area contributed by atoms with Crippen LogP contribution in [-0.4, -0.2) is 52.3 Å². The monoisotopic (exact) mass is 292 g/mol. The van der Waals surface area contributed by atoms with Gasteiger partial charge < -0.3 is 10.4 Å². The molecule has 1 aliphatic rings. The molecule has 0 amide bonds. The first-order valence-corrected chi connectivity index (χ1v) is 8.04. The molecule has 2 rings (SSSR count). The zero-order chi connectivity index (χ0) is 15.2. The number of anilines is 1. The van der Waals surface area contributed by atoms with Crippen molar-refractivity contribution in [2.24, 2.45) is 0 Å². The molecule has 5 nitrogen and oxygen atoms in total. The van der Waals surface area contributed by atoms with E-state index in [1.54, 1.807) is 0 Å². The molecule has 0 radical (unpaired) electrons. The van der Waals surface area contributed by atoms with Crippen LogP contribution in [-0.2, 0) is 0 Å². The Labute approximate surface area is 127 Å².